The molecule has 10 heteroatoms. The van der Waals surface area contributed by atoms with Gasteiger partial charge in [0.05, 0.1) is 11.8 Å². The molecule has 0 aromatic carbocycles. The Labute approximate surface area is 173 Å². The number of hydrogen-bond acceptors (Lipinski definition) is 9. The Morgan fingerprint density at radius 2 is 1.97 bits per heavy atom. The van der Waals surface area contributed by atoms with Gasteiger partial charge in [0.2, 0.25) is 18.1 Å². The van der Waals surface area contributed by atoms with Crippen LogP contribution in [0.4, 0.5) is 0 Å². The minimum absolute atomic E-state index is 0.0243. The second-order valence-corrected chi connectivity index (χ2v) is 8.68. The second-order valence-electron chi connectivity index (χ2n) is 7.75. The predicted octanol–water partition coefficient (Wildman–Crippen LogP) is 3.43. The highest BCUT2D eigenvalue weighted by Crippen LogP contribution is 2.24. The summed E-state index contributed by atoms with van der Waals surface area (Å²) in [5.41, 5.74) is 0. The Balaban J connectivity index is 1.62. The van der Waals surface area contributed by atoms with Gasteiger partial charge in [0, 0.05) is 5.92 Å². The third-order valence-electron chi connectivity index (χ3n) is 4.91. The number of nitrogens with zero attached hydrogens (tertiary/aromatic N) is 4. The normalized spacial score (nSPS) is 16.5. The smallest absolute Gasteiger partial charge is 0.286 e. The average Bonchev–Trinajstić information content (AvgIpc) is 3.31. The number of hydrogen-bond donors (Lipinski definition) is 1. The average molecular weight is 422 g/mol. The summed E-state index contributed by atoms with van der Waals surface area (Å²) in [6.07, 6.45) is 7.99. The third-order valence-corrected chi connectivity index (χ3v) is 5.73. The summed E-state index contributed by atoms with van der Waals surface area (Å²) in [4.78, 5) is 29.6. The van der Waals surface area contributed by atoms with Crippen LogP contribution in [0.3, 0.4) is 0 Å². The molecule has 0 spiro atoms. The van der Waals surface area contributed by atoms with Crippen LogP contribution >= 0.6 is 11.8 Å². The number of amides is 1. The van der Waals surface area contributed by atoms with E-state index in [1.165, 1.54) is 31.0 Å². The van der Waals surface area contributed by atoms with Crippen LogP contribution in [-0.2, 0) is 10.5 Å². The van der Waals surface area contributed by atoms with Gasteiger partial charge in [-0.15, -0.1) is 10.2 Å². The fraction of sp³-hybridized carbons (Fsp3) is 0.684. The van der Waals surface area contributed by atoms with Gasteiger partial charge in [0.25, 0.3) is 11.1 Å². The van der Waals surface area contributed by atoms with Crippen LogP contribution in [0.15, 0.2) is 20.6 Å². The van der Waals surface area contributed by atoms with Gasteiger partial charge >= 0.3 is 0 Å². The summed E-state index contributed by atoms with van der Waals surface area (Å²) in [6, 6.07) is -0.665. The van der Waals surface area contributed by atoms with E-state index < -0.39 is 6.04 Å². The van der Waals surface area contributed by atoms with Gasteiger partial charge in [-0.3, -0.25) is 9.59 Å². The largest absolute Gasteiger partial charge is 0.408 e. The van der Waals surface area contributed by atoms with Gasteiger partial charge in [0.1, 0.15) is 0 Å². The van der Waals surface area contributed by atoms with Crippen LogP contribution in [0.2, 0.25) is 0 Å². The molecule has 2 heterocycles. The molecule has 3 rings (SSSR count). The summed E-state index contributed by atoms with van der Waals surface area (Å²) in [6.45, 7) is 4.02. The van der Waals surface area contributed by atoms with E-state index in [0.29, 0.717) is 18.0 Å². The first kappa shape index (κ1) is 21.5. The number of ketones is 1. The lowest BCUT2D eigenvalue weighted by molar-refractivity contribution is -0.126. The van der Waals surface area contributed by atoms with Crippen molar-refractivity contribution in [2.45, 2.75) is 75.8 Å². The highest BCUT2D eigenvalue weighted by atomic mass is 32.2. The lowest BCUT2D eigenvalue weighted by Crippen LogP contribution is -2.44. The molecular formula is C19H27N5O4S. The van der Waals surface area contributed by atoms with E-state index in [0.717, 1.165) is 25.7 Å². The molecule has 29 heavy (non-hydrogen) atoms. The lowest BCUT2D eigenvalue weighted by Gasteiger charge is -2.21. The Bertz CT molecular complexity index is 784. The Hall–Kier alpha value is -2.23. The molecular weight excluding hydrogens is 394 g/mol. The second kappa shape index (κ2) is 10.5. The number of nitrogens with one attached hydrogen (secondary N) is 1. The van der Waals surface area contributed by atoms with Crippen molar-refractivity contribution in [3.8, 4) is 0 Å². The minimum atomic E-state index is -0.665. The summed E-state index contributed by atoms with van der Waals surface area (Å²) in [7, 11) is 0. The highest BCUT2D eigenvalue weighted by molar-refractivity contribution is 7.98. The third kappa shape index (κ3) is 6.38. The summed E-state index contributed by atoms with van der Waals surface area (Å²) in [5, 5.41) is 14.7. The van der Waals surface area contributed by atoms with Crippen molar-refractivity contribution in [1.29, 1.82) is 0 Å². The monoisotopic (exact) mass is 421 g/mol. The Morgan fingerprint density at radius 1 is 1.21 bits per heavy atom. The summed E-state index contributed by atoms with van der Waals surface area (Å²) in [5.74, 6) is 0.607. The zero-order chi connectivity index (χ0) is 20.6. The first-order valence-electron chi connectivity index (χ1n) is 10.1. The fourth-order valence-electron chi connectivity index (χ4n) is 3.43. The quantitative estimate of drug-likeness (QED) is 0.368. The SMILES string of the molecule is CC(C)C[C@H](NC(=O)C1CCCCCC1)C(=O)c1nnc(SCc2ncon2)o1. The van der Waals surface area contributed by atoms with Gasteiger partial charge in [-0.25, -0.2) is 0 Å². The summed E-state index contributed by atoms with van der Waals surface area (Å²) >= 11 is 1.22. The van der Waals surface area contributed by atoms with Crippen molar-refractivity contribution >= 4 is 23.5 Å². The van der Waals surface area contributed by atoms with Gasteiger partial charge in [0.15, 0.2) is 5.82 Å². The molecule has 0 radical (unpaired) electrons. The van der Waals surface area contributed by atoms with Crippen molar-refractivity contribution in [1.82, 2.24) is 25.7 Å². The molecule has 0 bridgehead atoms. The zero-order valence-corrected chi connectivity index (χ0v) is 17.6. The van der Waals surface area contributed by atoms with Crippen LogP contribution < -0.4 is 5.32 Å². The number of carbonyl (C=O) groups is 2. The molecule has 0 unspecified atom stereocenters. The minimum Gasteiger partial charge on any atom is -0.408 e. The van der Waals surface area contributed by atoms with E-state index in [1.807, 2.05) is 13.8 Å². The van der Waals surface area contributed by atoms with Gasteiger partial charge < -0.3 is 14.3 Å². The number of Topliss-reactive ketones (excluding diaryl/α,β-unsaturated/α-hetero) is 1. The summed E-state index contributed by atoms with van der Waals surface area (Å²) < 4.78 is 10.2. The molecule has 1 saturated carbocycles. The molecule has 1 aliphatic carbocycles. The highest BCUT2D eigenvalue weighted by Gasteiger charge is 2.30. The molecule has 1 atom stereocenters. The van der Waals surface area contributed by atoms with Crippen LogP contribution in [0.5, 0.6) is 0 Å². The van der Waals surface area contributed by atoms with Crippen molar-refractivity contribution < 1.29 is 18.5 Å². The molecule has 1 fully saturated rings. The molecule has 2 aromatic heterocycles. The molecule has 9 nitrogen and oxygen atoms in total. The number of rotatable bonds is 9. The first-order chi connectivity index (χ1) is 14.0. The van der Waals surface area contributed by atoms with Crippen LogP contribution in [0, 0.1) is 11.8 Å². The molecule has 158 valence electrons. The van der Waals surface area contributed by atoms with Gasteiger partial charge in [-0.05, 0) is 25.2 Å². The fourth-order valence-corrected chi connectivity index (χ4v) is 4.05. The van der Waals surface area contributed by atoms with E-state index in [1.54, 1.807) is 0 Å². The predicted molar refractivity (Wildman–Crippen MR) is 105 cm³/mol. The van der Waals surface area contributed by atoms with Crippen molar-refractivity contribution in [2.24, 2.45) is 11.8 Å². The maximum absolute atomic E-state index is 13.0. The standard InChI is InChI=1S/C19H27N5O4S/c1-12(2)9-14(21-17(26)13-7-5-3-4-6-8-13)16(25)18-22-23-19(28-18)29-10-15-20-11-27-24-15/h11-14H,3-10H2,1-2H3,(H,21,26)/t14-/m0/s1. The van der Waals surface area contributed by atoms with E-state index >= 15 is 0 Å². The topological polar surface area (TPSA) is 124 Å². The van der Waals surface area contributed by atoms with E-state index in [9.17, 15) is 9.59 Å². The van der Waals surface area contributed by atoms with Crippen molar-refractivity contribution in [3.63, 3.8) is 0 Å². The first-order valence-corrected chi connectivity index (χ1v) is 11.1. The lowest BCUT2D eigenvalue weighted by atomic mass is 9.96. The van der Waals surface area contributed by atoms with E-state index in [4.69, 9.17) is 4.42 Å². The van der Waals surface area contributed by atoms with E-state index in [2.05, 4.69) is 30.2 Å². The van der Waals surface area contributed by atoms with Crippen LogP contribution in [-0.4, -0.2) is 38.1 Å². The Morgan fingerprint density at radius 3 is 2.62 bits per heavy atom. The molecule has 2 aromatic rings. The van der Waals surface area contributed by atoms with Gasteiger partial charge in [-0.2, -0.15) is 4.98 Å². The number of aromatic nitrogens is 4. The van der Waals surface area contributed by atoms with Crippen LogP contribution in [0.25, 0.3) is 0 Å². The Kier molecular flexibility index (Phi) is 7.79. The maximum Gasteiger partial charge on any atom is 0.286 e. The molecule has 1 N–H and O–H groups in total. The molecule has 0 saturated heterocycles. The van der Waals surface area contributed by atoms with Crippen molar-refractivity contribution in [2.75, 3.05) is 0 Å². The molecule has 0 aliphatic heterocycles. The zero-order valence-electron chi connectivity index (χ0n) is 16.8. The number of carbonyl (C=O) groups excluding carboxylic acids is 2. The molecule has 1 aliphatic rings. The molecule has 1 amide bonds. The van der Waals surface area contributed by atoms with E-state index in [-0.39, 0.29) is 34.6 Å². The maximum atomic E-state index is 13.0. The van der Waals surface area contributed by atoms with Crippen LogP contribution in [0.1, 0.15) is 75.3 Å². The number of thioether (sulfide) groups is 1. The van der Waals surface area contributed by atoms with Crippen molar-refractivity contribution in [3.05, 3.63) is 18.1 Å². The van der Waals surface area contributed by atoms with Gasteiger partial charge in [-0.1, -0.05) is 56.4 Å².